The topological polar surface area (TPSA) is 44.8 Å². The zero-order valence-electron chi connectivity index (χ0n) is 20.0. The molecule has 5 nitrogen and oxygen atoms in total. The number of carbonyl (C=O) groups excluding carboxylic acids is 1. The van der Waals surface area contributed by atoms with Crippen molar-refractivity contribution < 1.29 is 18.3 Å². The van der Waals surface area contributed by atoms with Gasteiger partial charge in [0.2, 0.25) is 0 Å². The van der Waals surface area contributed by atoms with Crippen LogP contribution < -0.4 is 10.1 Å². The summed E-state index contributed by atoms with van der Waals surface area (Å²) in [5, 5.41) is 4.03. The summed E-state index contributed by atoms with van der Waals surface area (Å²) in [7, 11) is 0. The van der Waals surface area contributed by atoms with Crippen LogP contribution in [0.1, 0.15) is 17.5 Å². The van der Waals surface area contributed by atoms with Crippen LogP contribution in [0.5, 0.6) is 5.75 Å². The highest BCUT2D eigenvalue weighted by molar-refractivity contribution is 6.30. The number of piperazine rings is 1. The van der Waals surface area contributed by atoms with Gasteiger partial charge in [-0.25, -0.2) is 8.78 Å². The quantitative estimate of drug-likeness (QED) is 0.392. The first-order chi connectivity index (χ1) is 17.5. The van der Waals surface area contributed by atoms with Crippen molar-refractivity contribution >= 4 is 17.5 Å². The van der Waals surface area contributed by atoms with E-state index in [1.807, 2.05) is 4.90 Å². The summed E-state index contributed by atoms with van der Waals surface area (Å²) < 4.78 is 32.2. The molecule has 0 aliphatic carbocycles. The number of amides is 1. The van der Waals surface area contributed by atoms with Gasteiger partial charge in [0, 0.05) is 43.8 Å². The average Bonchev–Trinajstić information content (AvgIpc) is 2.89. The van der Waals surface area contributed by atoms with Gasteiger partial charge in [0.25, 0.3) is 5.91 Å². The Morgan fingerprint density at radius 2 is 1.56 bits per heavy atom. The standard InChI is InChI=1S/C28H30ClF2N3O2/c29-23-5-11-27(12-6-23)36-20-28(35)34-16-15-33(18-22-3-9-25(31)10-4-22)26(19-34)13-14-32-17-21-1-7-24(30)8-2-21/h1-12,26,32H,13-20H2. The predicted molar refractivity (Wildman–Crippen MR) is 137 cm³/mol. The van der Waals surface area contributed by atoms with Gasteiger partial charge in [-0.3, -0.25) is 9.69 Å². The Kier molecular flexibility index (Phi) is 9.28. The van der Waals surface area contributed by atoms with Crippen molar-refractivity contribution in [1.29, 1.82) is 0 Å². The van der Waals surface area contributed by atoms with Gasteiger partial charge in [0.1, 0.15) is 17.4 Å². The van der Waals surface area contributed by atoms with E-state index in [1.165, 1.54) is 24.3 Å². The van der Waals surface area contributed by atoms with E-state index in [1.54, 1.807) is 48.5 Å². The van der Waals surface area contributed by atoms with Crippen molar-refractivity contribution in [2.24, 2.45) is 0 Å². The molecule has 0 spiro atoms. The van der Waals surface area contributed by atoms with Crippen LogP contribution >= 0.6 is 11.6 Å². The molecule has 1 saturated heterocycles. The number of hydrogen-bond acceptors (Lipinski definition) is 4. The Balaban J connectivity index is 1.33. The van der Waals surface area contributed by atoms with E-state index in [9.17, 15) is 13.6 Å². The molecule has 1 fully saturated rings. The number of nitrogens with one attached hydrogen (secondary N) is 1. The van der Waals surface area contributed by atoms with Gasteiger partial charge in [0.15, 0.2) is 6.61 Å². The smallest absolute Gasteiger partial charge is 0.260 e. The fourth-order valence-electron chi connectivity index (χ4n) is 4.30. The Morgan fingerprint density at radius 1 is 0.917 bits per heavy atom. The van der Waals surface area contributed by atoms with Crippen LogP contribution in [0, 0.1) is 11.6 Å². The lowest BCUT2D eigenvalue weighted by Crippen LogP contribution is -2.55. The third-order valence-corrected chi connectivity index (χ3v) is 6.58. The molecule has 1 amide bonds. The summed E-state index contributed by atoms with van der Waals surface area (Å²) in [5.74, 6) is 0.0403. The molecule has 190 valence electrons. The van der Waals surface area contributed by atoms with E-state index in [0.29, 0.717) is 43.5 Å². The average molecular weight is 514 g/mol. The number of halogens is 3. The maximum Gasteiger partial charge on any atom is 0.260 e. The monoisotopic (exact) mass is 513 g/mol. The molecule has 4 rings (SSSR count). The van der Waals surface area contributed by atoms with E-state index in [0.717, 1.165) is 24.1 Å². The molecule has 1 unspecified atom stereocenters. The van der Waals surface area contributed by atoms with Crippen molar-refractivity contribution in [3.63, 3.8) is 0 Å². The van der Waals surface area contributed by atoms with Crippen LogP contribution in [0.2, 0.25) is 5.02 Å². The molecule has 1 atom stereocenters. The number of carbonyl (C=O) groups is 1. The summed E-state index contributed by atoms with van der Waals surface area (Å²) in [5.41, 5.74) is 2.05. The number of nitrogens with zero attached hydrogens (tertiary/aromatic N) is 2. The summed E-state index contributed by atoms with van der Waals surface area (Å²) in [4.78, 5) is 17.1. The fraction of sp³-hybridized carbons (Fsp3) is 0.321. The van der Waals surface area contributed by atoms with Gasteiger partial charge in [0.05, 0.1) is 0 Å². The van der Waals surface area contributed by atoms with Crippen LogP contribution in [-0.4, -0.2) is 54.5 Å². The van der Waals surface area contributed by atoms with Crippen molar-refractivity contribution in [1.82, 2.24) is 15.1 Å². The van der Waals surface area contributed by atoms with Crippen LogP contribution in [-0.2, 0) is 17.9 Å². The molecular weight excluding hydrogens is 484 g/mol. The fourth-order valence-corrected chi connectivity index (χ4v) is 4.42. The maximum atomic E-state index is 13.4. The Bertz CT molecular complexity index is 1110. The zero-order chi connectivity index (χ0) is 25.3. The molecular formula is C28H30ClF2N3O2. The lowest BCUT2D eigenvalue weighted by Gasteiger charge is -2.41. The molecule has 1 N–H and O–H groups in total. The number of benzene rings is 3. The van der Waals surface area contributed by atoms with Gasteiger partial charge < -0.3 is 15.0 Å². The molecule has 0 aromatic heterocycles. The minimum absolute atomic E-state index is 0.0326. The molecule has 0 bridgehead atoms. The largest absolute Gasteiger partial charge is 0.484 e. The zero-order valence-corrected chi connectivity index (χ0v) is 20.8. The minimum Gasteiger partial charge on any atom is -0.484 e. The van der Waals surface area contributed by atoms with Gasteiger partial charge in [-0.15, -0.1) is 0 Å². The van der Waals surface area contributed by atoms with Gasteiger partial charge in [-0.2, -0.15) is 0 Å². The second-order valence-corrected chi connectivity index (χ2v) is 9.36. The van der Waals surface area contributed by atoms with Gasteiger partial charge in [-0.1, -0.05) is 35.9 Å². The molecule has 0 radical (unpaired) electrons. The van der Waals surface area contributed by atoms with E-state index in [-0.39, 0.29) is 30.2 Å². The normalized spacial score (nSPS) is 16.2. The Hall–Kier alpha value is -3.00. The van der Waals surface area contributed by atoms with E-state index < -0.39 is 0 Å². The van der Waals surface area contributed by atoms with Gasteiger partial charge >= 0.3 is 0 Å². The molecule has 3 aromatic rings. The number of ether oxygens (including phenoxy) is 1. The molecule has 3 aromatic carbocycles. The Labute approximate surface area is 215 Å². The summed E-state index contributed by atoms with van der Waals surface area (Å²) in [6.45, 7) is 3.94. The molecule has 8 heteroatoms. The highest BCUT2D eigenvalue weighted by Crippen LogP contribution is 2.19. The molecule has 0 saturated carbocycles. The first kappa shape index (κ1) is 26.1. The molecule has 1 heterocycles. The van der Waals surface area contributed by atoms with Crippen LogP contribution in [0.3, 0.4) is 0 Å². The molecule has 1 aliphatic heterocycles. The van der Waals surface area contributed by atoms with E-state index in [2.05, 4.69) is 10.2 Å². The van der Waals surface area contributed by atoms with Crippen LogP contribution in [0.25, 0.3) is 0 Å². The lowest BCUT2D eigenvalue weighted by atomic mass is 10.1. The SMILES string of the molecule is O=C(COc1ccc(Cl)cc1)N1CCN(Cc2ccc(F)cc2)C(CCNCc2ccc(F)cc2)C1. The lowest BCUT2D eigenvalue weighted by molar-refractivity contribution is -0.136. The highest BCUT2D eigenvalue weighted by Gasteiger charge is 2.29. The summed E-state index contributed by atoms with van der Waals surface area (Å²) in [6, 6.07) is 20.1. The Morgan fingerprint density at radius 3 is 2.22 bits per heavy atom. The van der Waals surface area contributed by atoms with Crippen molar-refractivity contribution in [3.05, 3.63) is 101 Å². The molecule has 1 aliphatic rings. The summed E-state index contributed by atoms with van der Waals surface area (Å²) in [6.07, 6.45) is 0.824. The van der Waals surface area contributed by atoms with E-state index >= 15 is 0 Å². The van der Waals surface area contributed by atoms with E-state index in [4.69, 9.17) is 16.3 Å². The number of rotatable bonds is 10. The van der Waals surface area contributed by atoms with Crippen LogP contribution in [0.15, 0.2) is 72.8 Å². The third-order valence-electron chi connectivity index (χ3n) is 6.33. The van der Waals surface area contributed by atoms with Crippen molar-refractivity contribution in [2.45, 2.75) is 25.6 Å². The van der Waals surface area contributed by atoms with Crippen LogP contribution in [0.4, 0.5) is 8.78 Å². The molecule has 36 heavy (non-hydrogen) atoms. The van der Waals surface area contributed by atoms with Crippen molar-refractivity contribution in [3.8, 4) is 5.75 Å². The number of hydrogen-bond donors (Lipinski definition) is 1. The first-order valence-corrected chi connectivity index (χ1v) is 12.4. The van der Waals surface area contributed by atoms with Crippen molar-refractivity contribution in [2.75, 3.05) is 32.8 Å². The predicted octanol–water partition coefficient (Wildman–Crippen LogP) is 4.89. The second kappa shape index (κ2) is 12.8. The third kappa shape index (κ3) is 7.75. The van der Waals surface area contributed by atoms with Gasteiger partial charge in [-0.05, 0) is 72.6 Å². The highest BCUT2D eigenvalue weighted by atomic mass is 35.5. The second-order valence-electron chi connectivity index (χ2n) is 8.93. The first-order valence-electron chi connectivity index (χ1n) is 12.1. The summed E-state index contributed by atoms with van der Waals surface area (Å²) >= 11 is 5.91. The minimum atomic E-state index is -0.253. The maximum absolute atomic E-state index is 13.4.